The predicted octanol–water partition coefficient (Wildman–Crippen LogP) is 1.52. The number of carbonyl (C=O) groups excluding carboxylic acids is 1. The van der Waals surface area contributed by atoms with E-state index in [0.29, 0.717) is 5.56 Å². The van der Waals surface area contributed by atoms with Gasteiger partial charge in [-0.25, -0.2) is 4.79 Å². The summed E-state index contributed by atoms with van der Waals surface area (Å²) in [7, 11) is 1.40. The smallest absolute Gasteiger partial charge is 0.326 e. The van der Waals surface area contributed by atoms with Crippen LogP contribution in [0, 0.1) is 0 Å². The van der Waals surface area contributed by atoms with E-state index in [2.05, 4.69) is 11.9 Å². The normalized spacial score (nSPS) is 13.3. The molecule has 1 amide bonds. The van der Waals surface area contributed by atoms with Crippen molar-refractivity contribution in [2.45, 2.75) is 18.6 Å². The van der Waals surface area contributed by atoms with Gasteiger partial charge in [-0.2, -0.15) is 0 Å². The lowest BCUT2D eigenvalue weighted by Crippen LogP contribution is -2.43. The first-order valence-corrected chi connectivity index (χ1v) is 5.82. The Kier molecular flexibility index (Phi) is 5.75. The zero-order valence-electron chi connectivity index (χ0n) is 10.7. The number of benzene rings is 1. The Balaban J connectivity index is 2.79. The van der Waals surface area contributed by atoms with Crippen molar-refractivity contribution in [3.63, 3.8) is 0 Å². The third-order valence-corrected chi connectivity index (χ3v) is 2.59. The number of carbonyl (C=O) groups is 2. The summed E-state index contributed by atoms with van der Waals surface area (Å²) in [5.41, 5.74) is 0.672. The Hall–Kier alpha value is -2.14. The molecule has 0 aromatic heterocycles. The van der Waals surface area contributed by atoms with Crippen molar-refractivity contribution in [3.05, 3.63) is 48.6 Å². The summed E-state index contributed by atoms with van der Waals surface area (Å²) in [6, 6.07) is 7.89. The van der Waals surface area contributed by atoms with Crippen LogP contribution in [0.5, 0.6) is 0 Å². The molecule has 0 heterocycles. The average molecular weight is 263 g/mol. The third-order valence-electron chi connectivity index (χ3n) is 2.59. The van der Waals surface area contributed by atoms with E-state index in [9.17, 15) is 9.59 Å². The van der Waals surface area contributed by atoms with Crippen LogP contribution in [0.2, 0.25) is 0 Å². The molecule has 0 aliphatic rings. The van der Waals surface area contributed by atoms with Crippen molar-refractivity contribution < 1.29 is 19.4 Å². The number of rotatable bonds is 7. The highest BCUT2D eigenvalue weighted by atomic mass is 16.5. The van der Waals surface area contributed by atoms with Crippen molar-refractivity contribution >= 4 is 11.9 Å². The van der Waals surface area contributed by atoms with Gasteiger partial charge in [-0.15, -0.1) is 6.58 Å². The van der Waals surface area contributed by atoms with Gasteiger partial charge in [0.2, 0.25) is 0 Å². The molecule has 0 spiro atoms. The molecule has 19 heavy (non-hydrogen) atoms. The van der Waals surface area contributed by atoms with E-state index in [4.69, 9.17) is 9.84 Å². The van der Waals surface area contributed by atoms with Crippen molar-refractivity contribution in [3.8, 4) is 0 Å². The van der Waals surface area contributed by atoms with Gasteiger partial charge in [-0.1, -0.05) is 36.4 Å². The van der Waals surface area contributed by atoms with Crippen LogP contribution in [0.15, 0.2) is 43.0 Å². The molecule has 102 valence electrons. The van der Waals surface area contributed by atoms with Gasteiger partial charge in [0.1, 0.15) is 6.04 Å². The van der Waals surface area contributed by atoms with Crippen LogP contribution >= 0.6 is 0 Å². The number of ether oxygens (including phenoxy) is 1. The second-order valence-corrected chi connectivity index (χ2v) is 3.95. The fraction of sp³-hybridized carbons (Fsp3) is 0.286. The summed E-state index contributed by atoms with van der Waals surface area (Å²) < 4.78 is 5.13. The molecular formula is C14H17NO4. The molecule has 0 unspecified atom stereocenters. The topological polar surface area (TPSA) is 75.6 Å². The molecule has 0 aliphatic carbocycles. The Morgan fingerprint density at radius 3 is 2.53 bits per heavy atom. The lowest BCUT2D eigenvalue weighted by molar-refractivity contribution is -0.143. The Bertz CT molecular complexity index is 444. The van der Waals surface area contributed by atoms with Crippen LogP contribution in [0.25, 0.3) is 0 Å². The second-order valence-electron chi connectivity index (χ2n) is 3.95. The number of hydrogen-bond donors (Lipinski definition) is 2. The van der Waals surface area contributed by atoms with E-state index in [1.165, 1.54) is 13.2 Å². The monoisotopic (exact) mass is 263 g/mol. The average Bonchev–Trinajstić information content (AvgIpc) is 2.40. The van der Waals surface area contributed by atoms with Gasteiger partial charge in [-0.05, 0) is 12.0 Å². The maximum Gasteiger partial charge on any atom is 0.326 e. The highest BCUT2D eigenvalue weighted by Gasteiger charge is 2.25. The lowest BCUT2D eigenvalue weighted by atomic mass is 10.1. The number of amides is 1. The fourth-order valence-corrected chi connectivity index (χ4v) is 1.66. The minimum absolute atomic E-state index is 0.159. The van der Waals surface area contributed by atoms with Crippen LogP contribution in [-0.2, 0) is 14.3 Å². The van der Waals surface area contributed by atoms with E-state index in [0.717, 1.165) is 0 Å². The quantitative estimate of drug-likeness (QED) is 0.731. The van der Waals surface area contributed by atoms with Gasteiger partial charge in [0.15, 0.2) is 6.10 Å². The Morgan fingerprint density at radius 1 is 1.42 bits per heavy atom. The first-order valence-electron chi connectivity index (χ1n) is 5.82. The van der Waals surface area contributed by atoms with E-state index in [-0.39, 0.29) is 6.42 Å². The van der Waals surface area contributed by atoms with E-state index >= 15 is 0 Å². The SMILES string of the molecule is C=CC[C@H](NC(=O)[C@@H](OC)c1ccccc1)C(=O)O. The summed E-state index contributed by atoms with van der Waals surface area (Å²) >= 11 is 0. The van der Waals surface area contributed by atoms with Gasteiger partial charge in [-0.3, -0.25) is 4.79 Å². The zero-order chi connectivity index (χ0) is 14.3. The van der Waals surface area contributed by atoms with Gasteiger partial charge < -0.3 is 15.2 Å². The van der Waals surface area contributed by atoms with Crippen LogP contribution in [0.4, 0.5) is 0 Å². The number of hydrogen-bond acceptors (Lipinski definition) is 3. The van der Waals surface area contributed by atoms with Crippen molar-refractivity contribution in [1.82, 2.24) is 5.32 Å². The van der Waals surface area contributed by atoms with Crippen LogP contribution in [0.1, 0.15) is 18.1 Å². The molecule has 5 heteroatoms. The van der Waals surface area contributed by atoms with E-state index < -0.39 is 24.0 Å². The molecule has 5 nitrogen and oxygen atoms in total. The third kappa shape index (κ3) is 4.22. The molecule has 0 bridgehead atoms. The summed E-state index contributed by atoms with van der Waals surface area (Å²) in [5, 5.41) is 11.4. The van der Waals surface area contributed by atoms with Crippen LogP contribution < -0.4 is 5.32 Å². The molecule has 2 atom stereocenters. The van der Waals surface area contributed by atoms with Crippen LogP contribution in [-0.4, -0.2) is 30.1 Å². The lowest BCUT2D eigenvalue weighted by Gasteiger charge is -2.18. The largest absolute Gasteiger partial charge is 0.480 e. The molecule has 1 rings (SSSR count). The summed E-state index contributed by atoms with van der Waals surface area (Å²) in [6.07, 6.45) is 0.781. The Morgan fingerprint density at radius 2 is 2.05 bits per heavy atom. The minimum atomic E-state index is -1.10. The standard InChI is InChI=1S/C14H17NO4/c1-3-7-11(14(17)18)15-13(16)12(19-2)10-8-5-4-6-9-10/h3-6,8-9,11-12H,1,7H2,2H3,(H,15,16)(H,17,18)/t11-,12-/m0/s1. The minimum Gasteiger partial charge on any atom is -0.480 e. The maximum atomic E-state index is 12.0. The molecular weight excluding hydrogens is 246 g/mol. The van der Waals surface area contributed by atoms with Crippen LogP contribution in [0.3, 0.4) is 0 Å². The van der Waals surface area contributed by atoms with Gasteiger partial charge in [0.25, 0.3) is 5.91 Å². The molecule has 0 fully saturated rings. The van der Waals surface area contributed by atoms with Crippen molar-refractivity contribution in [2.24, 2.45) is 0 Å². The summed E-state index contributed by atoms with van der Waals surface area (Å²) in [6.45, 7) is 3.47. The zero-order valence-corrected chi connectivity index (χ0v) is 10.7. The molecule has 1 aromatic rings. The molecule has 2 N–H and O–H groups in total. The first kappa shape index (κ1) is 14.9. The van der Waals surface area contributed by atoms with E-state index in [1.807, 2.05) is 6.07 Å². The second kappa shape index (κ2) is 7.33. The number of carboxylic acids is 1. The number of aliphatic carboxylic acids is 1. The van der Waals surface area contributed by atoms with Gasteiger partial charge >= 0.3 is 5.97 Å². The summed E-state index contributed by atoms with van der Waals surface area (Å²) in [4.78, 5) is 23.0. The molecule has 0 saturated heterocycles. The number of nitrogens with one attached hydrogen (secondary N) is 1. The molecule has 0 radical (unpaired) electrons. The summed E-state index contributed by atoms with van der Waals surface area (Å²) in [5.74, 6) is -1.58. The Labute approximate surface area is 111 Å². The first-order chi connectivity index (χ1) is 9.10. The number of carboxylic acid groups (broad SMARTS) is 1. The molecule has 0 saturated carbocycles. The highest BCUT2D eigenvalue weighted by Crippen LogP contribution is 2.16. The van der Waals surface area contributed by atoms with Crippen molar-refractivity contribution in [2.75, 3.05) is 7.11 Å². The van der Waals surface area contributed by atoms with Gasteiger partial charge in [0, 0.05) is 7.11 Å². The predicted molar refractivity (Wildman–Crippen MR) is 70.6 cm³/mol. The highest BCUT2D eigenvalue weighted by molar-refractivity contribution is 5.87. The molecule has 1 aromatic carbocycles. The number of methoxy groups -OCH3 is 1. The maximum absolute atomic E-state index is 12.0. The van der Waals surface area contributed by atoms with Gasteiger partial charge in [0.05, 0.1) is 0 Å². The van der Waals surface area contributed by atoms with Crippen molar-refractivity contribution in [1.29, 1.82) is 0 Å². The fourth-order valence-electron chi connectivity index (χ4n) is 1.66. The molecule has 0 aliphatic heterocycles. The van der Waals surface area contributed by atoms with E-state index in [1.54, 1.807) is 24.3 Å².